The van der Waals surface area contributed by atoms with E-state index in [0.717, 1.165) is 17.8 Å². The van der Waals surface area contributed by atoms with E-state index in [1.807, 2.05) is 65.8 Å². The Balaban J connectivity index is -0.000000149. The van der Waals surface area contributed by atoms with E-state index >= 15 is 0 Å². The predicted octanol–water partition coefficient (Wildman–Crippen LogP) is 10.7. The van der Waals surface area contributed by atoms with Crippen LogP contribution in [0, 0.1) is 17.8 Å². The molecular weight excluding hydrogens is 374 g/mol. The molecule has 1 aromatic carbocycles. The number of nitrogens with zero attached hydrogens (tertiary/aromatic N) is 1. The molecule has 1 aliphatic rings. The van der Waals surface area contributed by atoms with Gasteiger partial charge in [-0.15, -0.1) is 0 Å². The van der Waals surface area contributed by atoms with Crippen molar-refractivity contribution in [3.63, 3.8) is 0 Å². The van der Waals surface area contributed by atoms with E-state index in [0.29, 0.717) is 5.92 Å². The predicted molar refractivity (Wildman–Crippen MR) is 147 cm³/mol. The van der Waals surface area contributed by atoms with Gasteiger partial charge in [-0.25, -0.2) is 0 Å². The second kappa shape index (κ2) is 30.6. The number of pyridine rings is 1. The van der Waals surface area contributed by atoms with Crippen LogP contribution >= 0.6 is 0 Å². The van der Waals surface area contributed by atoms with Gasteiger partial charge in [0.2, 0.25) is 0 Å². The van der Waals surface area contributed by atoms with Crippen LogP contribution in [-0.4, -0.2) is 4.98 Å². The van der Waals surface area contributed by atoms with Crippen molar-refractivity contribution < 1.29 is 0 Å². The summed E-state index contributed by atoms with van der Waals surface area (Å²) in [5.74, 6) is 3.56. The first-order chi connectivity index (χ1) is 14.8. The summed E-state index contributed by atoms with van der Waals surface area (Å²) in [5.41, 5.74) is 1.41. The lowest BCUT2D eigenvalue weighted by molar-refractivity contribution is 0.563. The largest absolute Gasteiger partial charge is 0.265 e. The van der Waals surface area contributed by atoms with Crippen molar-refractivity contribution in [2.75, 3.05) is 0 Å². The molecule has 0 bridgehead atoms. The number of aromatic nitrogens is 1. The van der Waals surface area contributed by atoms with Crippen molar-refractivity contribution in [2.45, 2.75) is 109 Å². The molecule has 1 heterocycles. The molecule has 0 unspecified atom stereocenters. The van der Waals surface area contributed by atoms with E-state index in [4.69, 9.17) is 0 Å². The highest BCUT2D eigenvalue weighted by atomic mass is 14.6. The Morgan fingerprint density at radius 1 is 0.613 bits per heavy atom. The Bertz CT molecular complexity index is 455. The standard InChI is InChI=1S/C9H12.C6H12.C5H5N.C4H10.3C2H6/c1-8(2)9-6-4-3-5-7-9;1-5(2)6-3-4-6;1-2-4-6-5-3-1;1-4(2)3;3*1-2/h3-8H,1-2H3;5-6H,3-4H2,1-2H3;1-5H;4H,1-3H3;3*1-2H3. The average molecular weight is 432 g/mol. The van der Waals surface area contributed by atoms with E-state index in [9.17, 15) is 0 Å². The monoisotopic (exact) mass is 431 g/mol. The van der Waals surface area contributed by atoms with Crippen molar-refractivity contribution in [3.05, 3.63) is 66.5 Å². The minimum atomic E-state index is 0.659. The van der Waals surface area contributed by atoms with Gasteiger partial charge in [0, 0.05) is 12.4 Å². The SMILES string of the molecule is CC.CC.CC.CC(C)C.CC(C)C1CC1.CC(C)c1ccccc1.c1ccncc1. The zero-order valence-corrected chi connectivity index (χ0v) is 23.4. The van der Waals surface area contributed by atoms with Crippen LogP contribution in [-0.2, 0) is 0 Å². The van der Waals surface area contributed by atoms with Crippen LogP contribution in [0.25, 0.3) is 0 Å². The van der Waals surface area contributed by atoms with Crippen LogP contribution < -0.4 is 0 Å². The highest BCUT2D eigenvalue weighted by Crippen LogP contribution is 2.35. The molecule has 2 aromatic rings. The van der Waals surface area contributed by atoms with Gasteiger partial charge < -0.3 is 0 Å². The summed E-state index contributed by atoms with van der Waals surface area (Å²) in [6.07, 6.45) is 6.50. The van der Waals surface area contributed by atoms with Gasteiger partial charge >= 0.3 is 0 Å². The van der Waals surface area contributed by atoms with Gasteiger partial charge in [0.1, 0.15) is 0 Å². The molecule has 1 saturated carbocycles. The molecule has 3 rings (SSSR count). The van der Waals surface area contributed by atoms with Gasteiger partial charge in [0.05, 0.1) is 0 Å². The second-order valence-corrected chi connectivity index (χ2v) is 7.90. The van der Waals surface area contributed by atoms with Crippen molar-refractivity contribution in [1.82, 2.24) is 4.98 Å². The van der Waals surface area contributed by atoms with Crippen LogP contribution in [0.1, 0.15) is 114 Å². The minimum absolute atomic E-state index is 0.659. The summed E-state index contributed by atoms with van der Waals surface area (Å²) in [4.78, 5) is 3.78. The number of rotatable bonds is 2. The molecule has 182 valence electrons. The molecule has 1 aromatic heterocycles. The molecule has 0 N–H and O–H groups in total. The Kier molecular flexibility index (Phi) is 36.2. The van der Waals surface area contributed by atoms with Crippen molar-refractivity contribution in [2.24, 2.45) is 17.8 Å². The van der Waals surface area contributed by atoms with Gasteiger partial charge in [-0.05, 0) is 54.2 Å². The van der Waals surface area contributed by atoms with Crippen LogP contribution in [0.3, 0.4) is 0 Å². The molecule has 1 fully saturated rings. The molecule has 0 atom stereocenters. The molecule has 31 heavy (non-hydrogen) atoms. The number of hydrogen-bond acceptors (Lipinski definition) is 1. The average Bonchev–Trinajstić information content (AvgIpc) is 3.66. The fourth-order valence-electron chi connectivity index (χ4n) is 1.91. The lowest BCUT2D eigenvalue weighted by Crippen LogP contribution is -1.85. The normalized spacial score (nSPS) is 10.6. The van der Waals surface area contributed by atoms with Crippen LogP contribution in [0.15, 0.2) is 60.9 Å². The van der Waals surface area contributed by atoms with Gasteiger partial charge in [0.15, 0.2) is 0 Å². The Morgan fingerprint density at radius 3 is 1.10 bits per heavy atom. The molecule has 0 spiro atoms. The fraction of sp³-hybridized carbons (Fsp3) is 0.633. The Labute approximate surface area is 198 Å². The molecule has 0 aliphatic heterocycles. The first kappa shape index (κ1) is 36.7. The van der Waals surface area contributed by atoms with E-state index in [1.165, 1.54) is 18.4 Å². The molecule has 0 radical (unpaired) electrons. The van der Waals surface area contributed by atoms with E-state index < -0.39 is 0 Å². The van der Waals surface area contributed by atoms with E-state index in [2.05, 4.69) is 77.7 Å². The molecule has 0 saturated heterocycles. The third kappa shape index (κ3) is 36.1. The topological polar surface area (TPSA) is 12.9 Å². The summed E-state index contributed by atoms with van der Waals surface area (Å²) < 4.78 is 0. The van der Waals surface area contributed by atoms with Gasteiger partial charge in [-0.3, -0.25) is 4.98 Å². The molecule has 0 amide bonds. The maximum atomic E-state index is 3.78. The molecule has 1 heteroatoms. The third-order valence-electron chi connectivity index (χ3n) is 3.60. The lowest BCUT2D eigenvalue weighted by atomic mass is 10.0. The van der Waals surface area contributed by atoms with Crippen molar-refractivity contribution in [1.29, 1.82) is 0 Å². The van der Waals surface area contributed by atoms with Crippen molar-refractivity contribution >= 4 is 0 Å². The highest BCUT2D eigenvalue weighted by molar-refractivity contribution is 5.17. The highest BCUT2D eigenvalue weighted by Gasteiger charge is 2.23. The zero-order chi connectivity index (χ0) is 25.1. The molecular formula is C30H57N. The van der Waals surface area contributed by atoms with Gasteiger partial charge in [-0.2, -0.15) is 0 Å². The first-order valence-corrected chi connectivity index (χ1v) is 12.7. The quantitative estimate of drug-likeness (QED) is 0.460. The van der Waals surface area contributed by atoms with Crippen molar-refractivity contribution in [3.8, 4) is 0 Å². The summed E-state index contributed by atoms with van der Waals surface area (Å²) in [6, 6.07) is 16.2. The smallest absolute Gasteiger partial charge is 0.0267 e. The maximum absolute atomic E-state index is 3.78. The molecule has 1 aliphatic carbocycles. The Hall–Kier alpha value is -1.63. The summed E-state index contributed by atoms with van der Waals surface area (Å²) in [6.45, 7) is 27.5. The van der Waals surface area contributed by atoms with Gasteiger partial charge in [0.25, 0.3) is 0 Å². The minimum Gasteiger partial charge on any atom is -0.265 e. The Morgan fingerprint density at radius 2 is 0.968 bits per heavy atom. The maximum Gasteiger partial charge on any atom is 0.0267 e. The second-order valence-electron chi connectivity index (χ2n) is 7.90. The van der Waals surface area contributed by atoms with Gasteiger partial charge in [-0.1, -0.05) is 126 Å². The van der Waals surface area contributed by atoms with E-state index in [-0.39, 0.29) is 0 Å². The number of benzene rings is 1. The lowest BCUT2D eigenvalue weighted by Gasteiger charge is -2.01. The third-order valence-corrected chi connectivity index (χ3v) is 3.60. The molecule has 1 nitrogen and oxygen atoms in total. The zero-order valence-electron chi connectivity index (χ0n) is 23.4. The van der Waals surface area contributed by atoms with E-state index in [1.54, 1.807) is 12.4 Å². The van der Waals surface area contributed by atoms with Crippen LogP contribution in [0.4, 0.5) is 0 Å². The summed E-state index contributed by atoms with van der Waals surface area (Å²) in [7, 11) is 0. The number of hydrogen-bond donors (Lipinski definition) is 0. The van der Waals surface area contributed by atoms with Crippen LogP contribution in [0.5, 0.6) is 0 Å². The van der Waals surface area contributed by atoms with Crippen LogP contribution in [0.2, 0.25) is 0 Å². The summed E-state index contributed by atoms with van der Waals surface area (Å²) in [5, 5.41) is 0. The summed E-state index contributed by atoms with van der Waals surface area (Å²) >= 11 is 0. The fourth-order valence-corrected chi connectivity index (χ4v) is 1.91. The first-order valence-electron chi connectivity index (χ1n) is 12.7.